The molecule has 6 nitrogen and oxygen atoms in total. The maximum atomic E-state index is 12.4. The van der Waals surface area contributed by atoms with Gasteiger partial charge in [0.1, 0.15) is 10.7 Å². The molecule has 1 aliphatic heterocycles. The van der Waals surface area contributed by atoms with Crippen molar-refractivity contribution in [1.82, 2.24) is 9.88 Å². The van der Waals surface area contributed by atoms with E-state index < -0.39 is 0 Å². The normalized spacial score (nSPS) is 19.1. The van der Waals surface area contributed by atoms with Crippen LogP contribution in [0.2, 0.25) is 0 Å². The number of rotatable bonds is 4. The van der Waals surface area contributed by atoms with E-state index in [-0.39, 0.29) is 11.9 Å². The summed E-state index contributed by atoms with van der Waals surface area (Å²) in [7, 11) is 1.80. The molecular formula is C14H25N5OS. The van der Waals surface area contributed by atoms with Gasteiger partial charge in [-0.25, -0.2) is 4.98 Å². The molecule has 0 saturated carbocycles. The van der Waals surface area contributed by atoms with Gasteiger partial charge in [-0.1, -0.05) is 25.2 Å². The van der Waals surface area contributed by atoms with Crippen LogP contribution in [0.25, 0.3) is 0 Å². The van der Waals surface area contributed by atoms with Gasteiger partial charge < -0.3 is 21.3 Å². The highest BCUT2D eigenvalue weighted by Gasteiger charge is 2.25. The molecule has 118 valence electrons. The third kappa shape index (κ3) is 3.85. The number of nitrogens with two attached hydrogens (primary N) is 2. The maximum absolute atomic E-state index is 12.4. The highest BCUT2D eigenvalue weighted by Crippen LogP contribution is 2.30. The first-order chi connectivity index (χ1) is 9.88. The van der Waals surface area contributed by atoms with E-state index in [2.05, 4.69) is 23.7 Å². The molecule has 1 unspecified atom stereocenters. The van der Waals surface area contributed by atoms with Crippen molar-refractivity contribution < 1.29 is 4.79 Å². The monoisotopic (exact) mass is 311 g/mol. The fourth-order valence-corrected chi connectivity index (χ4v) is 3.61. The van der Waals surface area contributed by atoms with Crippen LogP contribution in [-0.2, 0) is 0 Å². The fourth-order valence-electron chi connectivity index (χ4n) is 2.60. The van der Waals surface area contributed by atoms with E-state index in [1.54, 1.807) is 11.9 Å². The molecule has 1 aliphatic rings. The molecule has 1 aromatic heterocycles. The third-order valence-electron chi connectivity index (χ3n) is 3.55. The number of piperidine rings is 1. The first-order valence-corrected chi connectivity index (χ1v) is 8.22. The summed E-state index contributed by atoms with van der Waals surface area (Å²) in [5, 5.41) is 0.809. The number of anilines is 2. The van der Waals surface area contributed by atoms with E-state index in [4.69, 9.17) is 11.5 Å². The van der Waals surface area contributed by atoms with Crippen molar-refractivity contribution in [2.24, 2.45) is 11.7 Å². The van der Waals surface area contributed by atoms with Gasteiger partial charge in [0.2, 0.25) is 0 Å². The Hall–Kier alpha value is -1.34. The first-order valence-electron chi connectivity index (χ1n) is 7.40. The number of carbonyl (C=O) groups excluding carboxylic acids is 1. The predicted molar refractivity (Wildman–Crippen MR) is 87.7 cm³/mol. The number of aromatic nitrogens is 1. The smallest absolute Gasteiger partial charge is 0.267 e. The molecule has 21 heavy (non-hydrogen) atoms. The zero-order valence-electron chi connectivity index (χ0n) is 13.0. The second kappa shape index (κ2) is 6.62. The largest absolute Gasteiger partial charge is 0.382 e. The van der Waals surface area contributed by atoms with Crippen LogP contribution < -0.4 is 16.4 Å². The lowest BCUT2D eigenvalue weighted by molar-refractivity contribution is 0.0784. The quantitative estimate of drug-likeness (QED) is 0.877. The number of amides is 1. The Labute approximate surface area is 130 Å². The topological polar surface area (TPSA) is 88.5 Å². The maximum Gasteiger partial charge on any atom is 0.267 e. The average Bonchev–Trinajstić information content (AvgIpc) is 2.79. The van der Waals surface area contributed by atoms with Gasteiger partial charge in [0.25, 0.3) is 5.91 Å². The first kappa shape index (κ1) is 16.0. The molecule has 1 saturated heterocycles. The molecule has 2 rings (SSSR count). The van der Waals surface area contributed by atoms with Crippen molar-refractivity contribution in [2.75, 3.05) is 37.3 Å². The van der Waals surface area contributed by atoms with Crippen LogP contribution in [-0.4, -0.2) is 48.5 Å². The van der Waals surface area contributed by atoms with Crippen LogP contribution in [0.3, 0.4) is 0 Å². The highest BCUT2D eigenvalue weighted by molar-refractivity contribution is 7.18. The summed E-state index contributed by atoms with van der Waals surface area (Å²) in [5.74, 6) is 0.702. The molecule has 1 atom stereocenters. The van der Waals surface area contributed by atoms with Crippen LogP contribution >= 0.6 is 11.3 Å². The molecule has 0 aliphatic carbocycles. The molecule has 0 aromatic carbocycles. The minimum atomic E-state index is -0.0498. The van der Waals surface area contributed by atoms with E-state index in [0.29, 0.717) is 23.2 Å². The van der Waals surface area contributed by atoms with Gasteiger partial charge >= 0.3 is 0 Å². The minimum Gasteiger partial charge on any atom is -0.382 e. The Morgan fingerprint density at radius 2 is 2.29 bits per heavy atom. The fraction of sp³-hybridized carbons (Fsp3) is 0.714. The lowest BCUT2D eigenvalue weighted by Gasteiger charge is -2.30. The number of nitrogens with zero attached hydrogens (tertiary/aromatic N) is 3. The molecular weight excluding hydrogens is 286 g/mol. The Bertz CT molecular complexity index is 502. The van der Waals surface area contributed by atoms with Crippen molar-refractivity contribution in [2.45, 2.75) is 32.7 Å². The van der Waals surface area contributed by atoms with Gasteiger partial charge in [-0.05, 0) is 18.8 Å². The van der Waals surface area contributed by atoms with Gasteiger partial charge in [0.15, 0.2) is 5.13 Å². The number of carbonyl (C=O) groups is 1. The molecule has 1 aromatic rings. The lowest BCUT2D eigenvalue weighted by Crippen LogP contribution is -2.42. The summed E-state index contributed by atoms with van der Waals surface area (Å²) in [6, 6.07) is 0.173. The Morgan fingerprint density at radius 3 is 2.90 bits per heavy atom. The molecule has 4 N–H and O–H groups in total. The minimum absolute atomic E-state index is 0.0498. The van der Waals surface area contributed by atoms with Crippen molar-refractivity contribution in [1.29, 1.82) is 0 Å². The summed E-state index contributed by atoms with van der Waals surface area (Å²) in [6.45, 7) is 6.58. The molecule has 1 fully saturated rings. The molecule has 0 radical (unpaired) electrons. The summed E-state index contributed by atoms with van der Waals surface area (Å²) in [4.78, 5) is 21.2. The van der Waals surface area contributed by atoms with Gasteiger partial charge in [-0.2, -0.15) is 0 Å². The average molecular weight is 311 g/mol. The van der Waals surface area contributed by atoms with Crippen molar-refractivity contribution in [3.63, 3.8) is 0 Å². The van der Waals surface area contributed by atoms with Crippen LogP contribution in [0.15, 0.2) is 0 Å². The third-order valence-corrected chi connectivity index (χ3v) is 4.67. The van der Waals surface area contributed by atoms with Gasteiger partial charge in [0, 0.05) is 32.7 Å². The van der Waals surface area contributed by atoms with Gasteiger partial charge in [0.05, 0.1) is 0 Å². The summed E-state index contributed by atoms with van der Waals surface area (Å²) >= 11 is 1.37. The van der Waals surface area contributed by atoms with Crippen LogP contribution in [0.1, 0.15) is 36.4 Å². The number of thiazole rings is 1. The number of hydrogen-bond donors (Lipinski definition) is 2. The Balaban J connectivity index is 2.13. The summed E-state index contributed by atoms with van der Waals surface area (Å²) < 4.78 is 0. The van der Waals surface area contributed by atoms with E-state index in [1.165, 1.54) is 11.3 Å². The zero-order chi connectivity index (χ0) is 15.6. The standard InChI is InChI=1S/C14H25N5OS/c1-9(2)7-18(3)13(20)11-12(16)17-14(21-11)19-6-4-5-10(15)8-19/h9-10H,4-8,15-16H2,1-3H3. The van der Waals surface area contributed by atoms with Gasteiger partial charge in [-0.3, -0.25) is 4.79 Å². The molecule has 1 amide bonds. The van der Waals surface area contributed by atoms with Crippen LogP contribution in [0, 0.1) is 5.92 Å². The van der Waals surface area contributed by atoms with Crippen LogP contribution in [0.4, 0.5) is 10.9 Å². The predicted octanol–water partition coefficient (Wildman–Crippen LogP) is 1.38. The van der Waals surface area contributed by atoms with E-state index in [1.807, 2.05) is 0 Å². The number of nitrogen functional groups attached to an aromatic ring is 1. The van der Waals surface area contributed by atoms with Crippen LogP contribution in [0.5, 0.6) is 0 Å². The second-order valence-corrected chi connectivity index (χ2v) is 7.12. The summed E-state index contributed by atoms with van der Waals surface area (Å²) in [5.41, 5.74) is 11.9. The van der Waals surface area contributed by atoms with Gasteiger partial charge in [-0.15, -0.1) is 0 Å². The zero-order valence-corrected chi connectivity index (χ0v) is 13.8. The highest BCUT2D eigenvalue weighted by atomic mass is 32.1. The molecule has 7 heteroatoms. The van der Waals surface area contributed by atoms with E-state index in [0.717, 1.165) is 31.1 Å². The molecule has 0 bridgehead atoms. The number of hydrogen-bond acceptors (Lipinski definition) is 6. The van der Waals surface area contributed by atoms with Crippen molar-refractivity contribution in [3.05, 3.63) is 4.88 Å². The van der Waals surface area contributed by atoms with E-state index in [9.17, 15) is 4.79 Å². The SMILES string of the molecule is CC(C)CN(C)C(=O)c1sc(N2CCCC(N)C2)nc1N. The lowest BCUT2D eigenvalue weighted by atomic mass is 10.1. The second-order valence-electron chi connectivity index (χ2n) is 6.14. The summed E-state index contributed by atoms with van der Waals surface area (Å²) in [6.07, 6.45) is 2.09. The molecule has 0 spiro atoms. The Kier molecular flexibility index (Phi) is 5.05. The van der Waals surface area contributed by atoms with E-state index >= 15 is 0 Å². The molecule has 2 heterocycles. The van der Waals surface area contributed by atoms with Crippen molar-refractivity contribution in [3.8, 4) is 0 Å². The van der Waals surface area contributed by atoms with Crippen molar-refractivity contribution >= 4 is 28.2 Å². The Morgan fingerprint density at radius 1 is 1.57 bits per heavy atom.